The minimum Gasteiger partial charge on any atom is -0.480 e. The van der Waals surface area contributed by atoms with Gasteiger partial charge in [-0.15, -0.1) is 0 Å². The highest BCUT2D eigenvalue weighted by Crippen LogP contribution is 2.31. The molecule has 2 rings (SSSR count). The van der Waals surface area contributed by atoms with Crippen molar-refractivity contribution in [3.63, 3.8) is 0 Å². The van der Waals surface area contributed by atoms with Crippen molar-refractivity contribution >= 4 is 27.6 Å². The number of anilines is 1. The molecular formula is C16H25N5O4S. The first-order chi connectivity index (χ1) is 12.2. The number of guanidine groups is 1. The lowest BCUT2D eigenvalue weighted by Crippen LogP contribution is -2.41. The zero-order valence-electron chi connectivity index (χ0n) is 14.6. The molecule has 0 fully saturated rings. The summed E-state index contributed by atoms with van der Waals surface area (Å²) in [5.74, 6) is -0.936. The van der Waals surface area contributed by atoms with Crippen LogP contribution in [-0.4, -0.2) is 44.6 Å². The van der Waals surface area contributed by atoms with E-state index in [2.05, 4.69) is 22.0 Å². The average molecular weight is 383 g/mol. The van der Waals surface area contributed by atoms with E-state index in [1.165, 1.54) is 6.07 Å². The molecule has 0 bridgehead atoms. The molecule has 144 valence electrons. The van der Waals surface area contributed by atoms with E-state index in [0.717, 1.165) is 12.0 Å². The van der Waals surface area contributed by atoms with Crippen molar-refractivity contribution in [2.24, 2.45) is 22.4 Å². The lowest BCUT2D eigenvalue weighted by molar-refractivity contribution is -0.139. The predicted molar refractivity (Wildman–Crippen MR) is 99.5 cm³/mol. The van der Waals surface area contributed by atoms with E-state index in [1.807, 2.05) is 6.07 Å². The van der Waals surface area contributed by atoms with Gasteiger partial charge in [0.1, 0.15) is 10.9 Å². The van der Waals surface area contributed by atoms with Gasteiger partial charge in [0.15, 0.2) is 5.96 Å². The Labute approximate surface area is 152 Å². The summed E-state index contributed by atoms with van der Waals surface area (Å²) in [7, 11) is -4.00. The molecule has 10 heteroatoms. The molecule has 1 heterocycles. The molecule has 7 N–H and O–H groups in total. The Bertz CT molecular complexity index is 790. The van der Waals surface area contributed by atoms with Crippen molar-refractivity contribution in [1.29, 1.82) is 0 Å². The van der Waals surface area contributed by atoms with Crippen LogP contribution in [0.2, 0.25) is 0 Å². The van der Waals surface area contributed by atoms with E-state index in [1.54, 1.807) is 6.07 Å². The molecule has 0 aliphatic carbocycles. The third kappa shape index (κ3) is 5.09. The number of sulfonamides is 1. The van der Waals surface area contributed by atoms with Crippen molar-refractivity contribution in [2.75, 3.05) is 18.4 Å². The summed E-state index contributed by atoms with van der Waals surface area (Å²) < 4.78 is 27.8. The number of carboxylic acid groups (broad SMARTS) is 1. The molecule has 1 aliphatic heterocycles. The second-order valence-corrected chi connectivity index (χ2v) is 8.12. The van der Waals surface area contributed by atoms with Crippen LogP contribution in [0.25, 0.3) is 0 Å². The van der Waals surface area contributed by atoms with Crippen molar-refractivity contribution in [2.45, 2.75) is 37.1 Å². The maximum atomic E-state index is 12.8. The summed E-state index contributed by atoms with van der Waals surface area (Å²) in [5.41, 5.74) is 11.9. The number of hydrogen-bond donors (Lipinski definition) is 5. The smallest absolute Gasteiger partial charge is 0.321 e. The molecule has 0 saturated heterocycles. The van der Waals surface area contributed by atoms with Crippen LogP contribution >= 0.6 is 0 Å². The molecule has 1 aliphatic rings. The van der Waals surface area contributed by atoms with E-state index >= 15 is 0 Å². The van der Waals surface area contributed by atoms with Crippen molar-refractivity contribution in [3.05, 3.63) is 23.8 Å². The van der Waals surface area contributed by atoms with Gasteiger partial charge in [-0.05, 0) is 36.8 Å². The Morgan fingerprint density at radius 2 is 2.19 bits per heavy atom. The Hall–Kier alpha value is -2.33. The molecule has 1 aromatic rings. The number of nitrogens with two attached hydrogens (primary N) is 2. The fourth-order valence-corrected chi connectivity index (χ4v) is 4.33. The molecule has 1 aromatic carbocycles. The molecule has 0 unspecified atom stereocenters. The average Bonchev–Trinajstić information content (AvgIpc) is 2.56. The van der Waals surface area contributed by atoms with E-state index in [0.29, 0.717) is 24.6 Å². The second-order valence-electron chi connectivity index (χ2n) is 6.44. The van der Waals surface area contributed by atoms with Crippen LogP contribution in [-0.2, 0) is 21.2 Å². The van der Waals surface area contributed by atoms with Gasteiger partial charge in [0, 0.05) is 13.1 Å². The Balaban J connectivity index is 2.17. The number of carboxylic acids is 1. The zero-order valence-corrected chi connectivity index (χ0v) is 15.4. The summed E-state index contributed by atoms with van der Waals surface area (Å²) in [5, 5.41) is 12.5. The number of nitrogens with one attached hydrogen (secondary N) is 2. The van der Waals surface area contributed by atoms with E-state index in [4.69, 9.17) is 11.5 Å². The minimum atomic E-state index is -4.00. The fourth-order valence-electron chi connectivity index (χ4n) is 2.88. The van der Waals surface area contributed by atoms with Gasteiger partial charge < -0.3 is 21.9 Å². The molecule has 0 spiro atoms. The van der Waals surface area contributed by atoms with E-state index in [-0.39, 0.29) is 23.8 Å². The Morgan fingerprint density at radius 1 is 1.46 bits per heavy atom. The van der Waals surface area contributed by atoms with Gasteiger partial charge in [-0.3, -0.25) is 9.79 Å². The molecule has 9 nitrogen and oxygen atoms in total. The van der Waals surface area contributed by atoms with Crippen LogP contribution in [0.3, 0.4) is 0 Å². The van der Waals surface area contributed by atoms with E-state index < -0.39 is 22.0 Å². The third-order valence-electron chi connectivity index (χ3n) is 4.14. The minimum absolute atomic E-state index is 0.0670. The number of aliphatic carboxylic acids is 1. The van der Waals surface area contributed by atoms with Crippen molar-refractivity contribution in [1.82, 2.24) is 4.72 Å². The van der Waals surface area contributed by atoms with Gasteiger partial charge in [0.2, 0.25) is 10.0 Å². The quantitative estimate of drug-likeness (QED) is 0.241. The predicted octanol–water partition coefficient (Wildman–Crippen LogP) is 0.0758. The van der Waals surface area contributed by atoms with E-state index in [9.17, 15) is 18.3 Å². The monoisotopic (exact) mass is 383 g/mol. The highest BCUT2D eigenvalue weighted by molar-refractivity contribution is 7.89. The van der Waals surface area contributed by atoms with Gasteiger partial charge in [-0.1, -0.05) is 19.1 Å². The number of aliphatic imine (C=N–C) groups is 1. The number of rotatable bonds is 8. The maximum absolute atomic E-state index is 12.8. The summed E-state index contributed by atoms with van der Waals surface area (Å²) in [6.45, 7) is 2.97. The number of carbonyl (C=O) groups is 1. The molecular weight excluding hydrogens is 358 g/mol. The third-order valence-corrected chi connectivity index (χ3v) is 5.65. The molecule has 0 aromatic heterocycles. The largest absolute Gasteiger partial charge is 0.480 e. The highest BCUT2D eigenvalue weighted by Gasteiger charge is 2.29. The number of para-hydroxylation sites is 1. The Morgan fingerprint density at radius 3 is 2.85 bits per heavy atom. The topological polar surface area (TPSA) is 160 Å². The molecule has 0 radical (unpaired) electrons. The number of nitrogens with zero attached hydrogens (tertiary/aromatic N) is 1. The number of hydrogen-bond acceptors (Lipinski definition) is 5. The number of benzene rings is 1. The van der Waals surface area contributed by atoms with Crippen LogP contribution in [0.4, 0.5) is 5.69 Å². The summed E-state index contributed by atoms with van der Waals surface area (Å²) in [4.78, 5) is 15.3. The van der Waals surface area contributed by atoms with Crippen molar-refractivity contribution in [3.8, 4) is 0 Å². The van der Waals surface area contributed by atoms with Gasteiger partial charge in [-0.25, -0.2) is 8.42 Å². The summed E-state index contributed by atoms with van der Waals surface area (Å²) in [6.07, 6.45) is 1.18. The first kappa shape index (κ1) is 20.0. The normalized spacial score (nSPS) is 17.7. The maximum Gasteiger partial charge on any atom is 0.321 e. The fraction of sp³-hybridized carbons (Fsp3) is 0.500. The second kappa shape index (κ2) is 8.37. The van der Waals surface area contributed by atoms with Gasteiger partial charge in [0.25, 0.3) is 0 Å². The molecule has 0 amide bonds. The molecule has 2 atom stereocenters. The van der Waals surface area contributed by atoms with Crippen LogP contribution in [0, 0.1) is 5.92 Å². The number of fused-ring (bicyclic) bond motifs is 1. The van der Waals surface area contributed by atoms with Gasteiger partial charge in [0.05, 0.1) is 5.69 Å². The van der Waals surface area contributed by atoms with Crippen LogP contribution in [0.15, 0.2) is 28.1 Å². The summed E-state index contributed by atoms with van der Waals surface area (Å²) in [6, 6.07) is 3.76. The first-order valence-corrected chi connectivity index (χ1v) is 9.85. The van der Waals surface area contributed by atoms with Crippen LogP contribution < -0.4 is 21.5 Å². The Kier molecular flexibility index (Phi) is 6.43. The zero-order chi connectivity index (χ0) is 19.3. The summed E-state index contributed by atoms with van der Waals surface area (Å²) >= 11 is 0. The SMILES string of the molecule is C[C@H]1CNc2c(cccc2S(=O)(=O)N[C@@H](CCCN=C(N)N)C(=O)O)C1. The molecule has 26 heavy (non-hydrogen) atoms. The van der Waals surface area contributed by atoms with Crippen LogP contribution in [0.5, 0.6) is 0 Å². The van der Waals surface area contributed by atoms with Crippen LogP contribution in [0.1, 0.15) is 25.3 Å². The highest BCUT2D eigenvalue weighted by atomic mass is 32.2. The molecule has 0 saturated carbocycles. The van der Waals surface area contributed by atoms with Gasteiger partial charge in [-0.2, -0.15) is 4.72 Å². The van der Waals surface area contributed by atoms with Gasteiger partial charge >= 0.3 is 5.97 Å². The lowest BCUT2D eigenvalue weighted by atomic mass is 9.96. The lowest BCUT2D eigenvalue weighted by Gasteiger charge is -2.26. The van der Waals surface area contributed by atoms with Crippen molar-refractivity contribution < 1.29 is 18.3 Å². The standard InChI is InChI=1S/C16H25N5O4S/c1-10-8-11-4-2-6-13(14(11)20-9-10)26(24,25)21-12(15(22)23)5-3-7-19-16(17)18/h2,4,6,10,12,20-21H,3,5,7-9H2,1H3,(H,22,23)(H4,17,18,19)/t10-,12+/m1/s1. The first-order valence-electron chi connectivity index (χ1n) is 8.37.